The third-order valence-corrected chi connectivity index (χ3v) is 4.40. The Kier molecular flexibility index (Phi) is 5.45. The van der Waals surface area contributed by atoms with Crippen LogP contribution in [0.15, 0.2) is 18.5 Å². The minimum absolute atomic E-state index is 0.715. The number of hydrogen-bond acceptors (Lipinski definition) is 2. The van der Waals surface area contributed by atoms with E-state index in [9.17, 15) is 0 Å². The first-order valence-electron chi connectivity index (χ1n) is 7.10. The van der Waals surface area contributed by atoms with Gasteiger partial charge in [-0.1, -0.05) is 44.2 Å². The van der Waals surface area contributed by atoms with Gasteiger partial charge in [0.05, 0.1) is 5.02 Å². The maximum absolute atomic E-state index is 6.23. The Morgan fingerprint density at radius 2 is 2.22 bits per heavy atom. The molecule has 0 aromatic carbocycles. The molecular weight excluding hydrogens is 244 g/mol. The van der Waals surface area contributed by atoms with E-state index in [2.05, 4.69) is 23.3 Å². The molecule has 3 heteroatoms. The molecule has 1 aliphatic rings. The molecule has 1 N–H and O–H groups in total. The zero-order valence-electron chi connectivity index (χ0n) is 11.2. The van der Waals surface area contributed by atoms with Crippen molar-refractivity contribution in [1.82, 2.24) is 10.3 Å². The zero-order chi connectivity index (χ0) is 12.8. The summed E-state index contributed by atoms with van der Waals surface area (Å²) < 4.78 is 0. The van der Waals surface area contributed by atoms with E-state index in [1.807, 2.05) is 6.20 Å². The summed E-state index contributed by atoms with van der Waals surface area (Å²) >= 11 is 6.23. The molecule has 0 spiro atoms. The van der Waals surface area contributed by atoms with Gasteiger partial charge >= 0.3 is 0 Å². The fraction of sp³-hybridized carbons (Fsp3) is 0.667. The van der Waals surface area contributed by atoms with Crippen LogP contribution >= 0.6 is 11.6 Å². The number of aromatic nitrogens is 1. The van der Waals surface area contributed by atoms with Crippen LogP contribution in [0.5, 0.6) is 0 Å². The summed E-state index contributed by atoms with van der Waals surface area (Å²) in [5.74, 6) is 1.58. The molecule has 1 heterocycles. The summed E-state index contributed by atoms with van der Waals surface area (Å²) in [6, 6.07) is 2.07. The summed E-state index contributed by atoms with van der Waals surface area (Å²) in [6.07, 6.45) is 10.3. The first-order valence-corrected chi connectivity index (χ1v) is 7.48. The molecule has 0 radical (unpaired) electrons. The van der Waals surface area contributed by atoms with E-state index in [4.69, 9.17) is 11.6 Å². The van der Waals surface area contributed by atoms with Gasteiger partial charge < -0.3 is 5.32 Å². The van der Waals surface area contributed by atoms with Crippen LogP contribution in [-0.2, 0) is 6.42 Å². The van der Waals surface area contributed by atoms with Gasteiger partial charge in [0.15, 0.2) is 0 Å². The van der Waals surface area contributed by atoms with Crippen molar-refractivity contribution in [2.45, 2.75) is 39.0 Å². The van der Waals surface area contributed by atoms with E-state index in [0.717, 1.165) is 30.5 Å². The van der Waals surface area contributed by atoms with Crippen LogP contribution in [0, 0.1) is 11.8 Å². The van der Waals surface area contributed by atoms with E-state index in [-0.39, 0.29) is 0 Å². The van der Waals surface area contributed by atoms with E-state index in [1.54, 1.807) is 6.20 Å². The van der Waals surface area contributed by atoms with Gasteiger partial charge in [0.1, 0.15) is 0 Å². The third-order valence-electron chi connectivity index (χ3n) is 4.06. The van der Waals surface area contributed by atoms with Crippen LogP contribution in [-0.4, -0.2) is 18.1 Å². The molecule has 0 amide bonds. The molecule has 18 heavy (non-hydrogen) atoms. The molecule has 1 saturated carbocycles. The predicted octanol–water partition coefficient (Wildman–Crippen LogP) is 3.69. The molecule has 1 atom stereocenters. The monoisotopic (exact) mass is 266 g/mol. The third kappa shape index (κ3) is 3.69. The van der Waals surface area contributed by atoms with Gasteiger partial charge in [-0.3, -0.25) is 4.98 Å². The fourth-order valence-electron chi connectivity index (χ4n) is 3.02. The predicted molar refractivity (Wildman–Crippen MR) is 76.9 cm³/mol. The average molecular weight is 267 g/mol. The van der Waals surface area contributed by atoms with Gasteiger partial charge in [-0.25, -0.2) is 0 Å². The highest BCUT2D eigenvalue weighted by molar-refractivity contribution is 6.31. The lowest BCUT2D eigenvalue weighted by atomic mass is 9.85. The largest absolute Gasteiger partial charge is 0.317 e. The van der Waals surface area contributed by atoms with Crippen molar-refractivity contribution in [2.24, 2.45) is 11.8 Å². The van der Waals surface area contributed by atoms with Crippen molar-refractivity contribution in [3.05, 3.63) is 29.0 Å². The summed E-state index contributed by atoms with van der Waals surface area (Å²) in [5.41, 5.74) is 1.25. The zero-order valence-corrected chi connectivity index (χ0v) is 11.9. The standard InChI is InChI=1S/C15H23ClN2/c1-2-17-10-14(12-5-3-4-6-12)9-13-7-8-18-11-15(13)16/h7-8,11-12,14,17H,2-6,9-10H2,1H3. The van der Waals surface area contributed by atoms with Crippen LogP contribution in [0.25, 0.3) is 0 Å². The molecule has 1 fully saturated rings. The molecular formula is C15H23ClN2. The molecule has 2 rings (SSSR count). The average Bonchev–Trinajstić information content (AvgIpc) is 2.90. The van der Waals surface area contributed by atoms with E-state index >= 15 is 0 Å². The first-order chi connectivity index (χ1) is 8.81. The van der Waals surface area contributed by atoms with Crippen molar-refractivity contribution in [2.75, 3.05) is 13.1 Å². The molecule has 1 aromatic rings. The van der Waals surface area contributed by atoms with Crippen molar-refractivity contribution in [1.29, 1.82) is 0 Å². The van der Waals surface area contributed by atoms with Gasteiger partial charge in [0.25, 0.3) is 0 Å². The summed E-state index contributed by atoms with van der Waals surface area (Å²) in [6.45, 7) is 4.33. The molecule has 1 aliphatic carbocycles. The Morgan fingerprint density at radius 1 is 1.44 bits per heavy atom. The summed E-state index contributed by atoms with van der Waals surface area (Å²) in [7, 11) is 0. The molecule has 0 aliphatic heterocycles. The summed E-state index contributed by atoms with van der Waals surface area (Å²) in [4.78, 5) is 4.06. The van der Waals surface area contributed by atoms with Crippen molar-refractivity contribution in [3.63, 3.8) is 0 Å². The Balaban J connectivity index is 2.02. The number of pyridine rings is 1. The highest BCUT2D eigenvalue weighted by Crippen LogP contribution is 2.33. The minimum Gasteiger partial charge on any atom is -0.317 e. The topological polar surface area (TPSA) is 24.9 Å². The maximum atomic E-state index is 6.23. The Labute approximate surface area is 115 Å². The van der Waals surface area contributed by atoms with Gasteiger partial charge in [0.2, 0.25) is 0 Å². The number of nitrogens with zero attached hydrogens (tertiary/aromatic N) is 1. The van der Waals surface area contributed by atoms with Gasteiger partial charge in [-0.2, -0.15) is 0 Å². The van der Waals surface area contributed by atoms with Crippen molar-refractivity contribution < 1.29 is 0 Å². The smallest absolute Gasteiger partial charge is 0.0621 e. The lowest BCUT2D eigenvalue weighted by Crippen LogP contribution is -2.29. The second-order valence-electron chi connectivity index (χ2n) is 5.28. The highest BCUT2D eigenvalue weighted by atomic mass is 35.5. The van der Waals surface area contributed by atoms with Crippen LogP contribution < -0.4 is 5.32 Å². The second kappa shape index (κ2) is 7.10. The maximum Gasteiger partial charge on any atom is 0.0621 e. The van der Waals surface area contributed by atoms with Gasteiger partial charge in [0, 0.05) is 12.4 Å². The number of halogens is 1. The Bertz CT molecular complexity index is 361. The normalized spacial score (nSPS) is 18.1. The van der Waals surface area contributed by atoms with Crippen LogP contribution in [0.4, 0.5) is 0 Å². The molecule has 2 nitrogen and oxygen atoms in total. The first kappa shape index (κ1) is 13.8. The number of nitrogens with one attached hydrogen (secondary N) is 1. The summed E-state index contributed by atoms with van der Waals surface area (Å²) in [5, 5.41) is 4.32. The van der Waals surface area contributed by atoms with Gasteiger partial charge in [-0.05, 0) is 43.0 Å². The van der Waals surface area contributed by atoms with Crippen molar-refractivity contribution in [3.8, 4) is 0 Å². The molecule has 1 unspecified atom stereocenters. The SMILES string of the molecule is CCNCC(Cc1ccncc1Cl)C1CCCC1. The lowest BCUT2D eigenvalue weighted by molar-refractivity contribution is 0.323. The van der Waals surface area contributed by atoms with Crippen LogP contribution in [0.2, 0.25) is 5.02 Å². The highest BCUT2D eigenvalue weighted by Gasteiger charge is 2.25. The molecule has 0 saturated heterocycles. The lowest BCUT2D eigenvalue weighted by Gasteiger charge is -2.24. The number of hydrogen-bond donors (Lipinski definition) is 1. The van der Waals surface area contributed by atoms with E-state index < -0.39 is 0 Å². The Hall–Kier alpha value is -0.600. The fourth-order valence-corrected chi connectivity index (χ4v) is 3.21. The van der Waals surface area contributed by atoms with Crippen LogP contribution in [0.3, 0.4) is 0 Å². The minimum atomic E-state index is 0.715. The molecule has 100 valence electrons. The number of rotatable bonds is 6. The second-order valence-corrected chi connectivity index (χ2v) is 5.69. The molecule has 0 bridgehead atoms. The molecule has 1 aromatic heterocycles. The quantitative estimate of drug-likeness (QED) is 0.849. The van der Waals surface area contributed by atoms with Crippen molar-refractivity contribution >= 4 is 11.6 Å². The van der Waals surface area contributed by atoms with E-state index in [1.165, 1.54) is 31.2 Å². The van der Waals surface area contributed by atoms with Gasteiger partial charge in [-0.15, -0.1) is 0 Å². The van der Waals surface area contributed by atoms with E-state index in [0.29, 0.717) is 5.92 Å². The Morgan fingerprint density at radius 3 is 2.89 bits per heavy atom. The van der Waals surface area contributed by atoms with Crippen LogP contribution in [0.1, 0.15) is 38.2 Å².